The highest BCUT2D eigenvalue weighted by Gasteiger charge is 2.43. The number of anilines is 2. The molecule has 27 heavy (non-hydrogen) atoms. The Morgan fingerprint density at radius 2 is 1.93 bits per heavy atom. The van der Waals surface area contributed by atoms with E-state index in [1.54, 1.807) is 6.20 Å². The maximum absolute atomic E-state index is 12.6. The van der Waals surface area contributed by atoms with Crippen molar-refractivity contribution >= 4 is 17.5 Å². The molecule has 7 nitrogen and oxygen atoms in total. The van der Waals surface area contributed by atoms with Crippen molar-refractivity contribution in [3.05, 3.63) is 12.4 Å². The first-order valence-electron chi connectivity index (χ1n) is 10.2. The molecule has 3 aliphatic heterocycles. The largest absolute Gasteiger partial charge is 0.361 e. The summed E-state index contributed by atoms with van der Waals surface area (Å²) < 4.78 is 0. The van der Waals surface area contributed by atoms with E-state index in [1.165, 1.54) is 0 Å². The third-order valence-corrected chi connectivity index (χ3v) is 6.72. The van der Waals surface area contributed by atoms with E-state index in [2.05, 4.69) is 26.7 Å². The van der Waals surface area contributed by atoms with Gasteiger partial charge in [-0.05, 0) is 44.7 Å². The summed E-state index contributed by atoms with van der Waals surface area (Å²) in [6.07, 6.45) is 8.82. The molecule has 3 fully saturated rings. The van der Waals surface area contributed by atoms with Gasteiger partial charge in [0.05, 0.1) is 12.4 Å². The Balaban J connectivity index is 1.42. The van der Waals surface area contributed by atoms with Crippen LogP contribution in [0.15, 0.2) is 12.4 Å². The van der Waals surface area contributed by atoms with E-state index in [1.807, 2.05) is 25.2 Å². The first kappa shape index (κ1) is 18.5. The van der Waals surface area contributed by atoms with E-state index in [0.717, 1.165) is 76.5 Å². The van der Waals surface area contributed by atoms with Crippen LogP contribution in [0.1, 0.15) is 32.1 Å². The number of nitrogens with zero attached hydrogens (tertiary/aromatic N) is 6. The van der Waals surface area contributed by atoms with Crippen LogP contribution in [-0.4, -0.2) is 85.6 Å². The summed E-state index contributed by atoms with van der Waals surface area (Å²) in [5.74, 6) is 2.23. The van der Waals surface area contributed by atoms with Gasteiger partial charge < -0.3 is 19.6 Å². The second kappa shape index (κ2) is 7.26. The maximum Gasteiger partial charge on any atom is 0.222 e. The van der Waals surface area contributed by atoms with Crippen LogP contribution >= 0.6 is 0 Å². The van der Waals surface area contributed by atoms with Crippen LogP contribution < -0.4 is 9.80 Å². The number of likely N-dealkylation sites (tertiary alicyclic amines) is 2. The Morgan fingerprint density at radius 3 is 2.59 bits per heavy atom. The zero-order valence-electron chi connectivity index (χ0n) is 16.9. The first-order chi connectivity index (χ1) is 13.0. The molecule has 0 aromatic carbocycles. The van der Waals surface area contributed by atoms with E-state index in [9.17, 15) is 4.79 Å². The number of amides is 1. The molecular weight excluding hydrogens is 340 g/mol. The number of aromatic nitrogens is 2. The molecule has 0 N–H and O–H groups in total. The molecule has 7 heteroatoms. The molecule has 1 unspecified atom stereocenters. The molecule has 1 aromatic heterocycles. The minimum Gasteiger partial charge on any atom is -0.361 e. The van der Waals surface area contributed by atoms with Gasteiger partial charge in [0.25, 0.3) is 0 Å². The van der Waals surface area contributed by atoms with Crippen LogP contribution in [0.2, 0.25) is 0 Å². The van der Waals surface area contributed by atoms with Gasteiger partial charge in [-0.2, -0.15) is 0 Å². The van der Waals surface area contributed by atoms with Gasteiger partial charge in [0.2, 0.25) is 5.91 Å². The van der Waals surface area contributed by atoms with Crippen molar-refractivity contribution in [2.45, 2.75) is 38.1 Å². The summed E-state index contributed by atoms with van der Waals surface area (Å²) >= 11 is 0. The minimum atomic E-state index is 0.290. The Bertz CT molecular complexity index is 685. The quantitative estimate of drug-likeness (QED) is 0.801. The normalized spacial score (nSPS) is 26.0. The summed E-state index contributed by atoms with van der Waals surface area (Å²) in [6, 6.07) is 0.417. The molecule has 1 aromatic rings. The lowest BCUT2D eigenvalue weighted by molar-refractivity contribution is -0.141. The summed E-state index contributed by atoms with van der Waals surface area (Å²) in [4.78, 5) is 30.6. The molecule has 3 aliphatic rings. The molecule has 1 spiro atoms. The molecule has 4 heterocycles. The van der Waals surface area contributed by atoms with Gasteiger partial charge in [0, 0.05) is 52.7 Å². The second-order valence-corrected chi connectivity index (χ2v) is 8.84. The Hall–Kier alpha value is -1.89. The van der Waals surface area contributed by atoms with Crippen molar-refractivity contribution < 1.29 is 4.79 Å². The molecule has 148 valence electrons. The van der Waals surface area contributed by atoms with Crippen molar-refractivity contribution in [3.63, 3.8) is 0 Å². The monoisotopic (exact) mass is 372 g/mol. The molecule has 0 aliphatic carbocycles. The fourth-order valence-electron chi connectivity index (χ4n) is 4.87. The zero-order chi connectivity index (χ0) is 19.0. The summed E-state index contributed by atoms with van der Waals surface area (Å²) in [6.45, 7) is 5.08. The van der Waals surface area contributed by atoms with Crippen LogP contribution in [0.3, 0.4) is 0 Å². The molecule has 0 bridgehead atoms. The zero-order valence-corrected chi connectivity index (χ0v) is 16.9. The van der Waals surface area contributed by atoms with Crippen LogP contribution in [0, 0.1) is 5.41 Å². The number of likely N-dealkylation sites (N-methyl/N-ethyl adjacent to an activating group) is 1. The molecule has 4 rings (SSSR count). The summed E-state index contributed by atoms with van der Waals surface area (Å²) in [5.41, 5.74) is 0.290. The molecular formula is C20H32N6O. The van der Waals surface area contributed by atoms with Gasteiger partial charge in [-0.25, -0.2) is 4.98 Å². The highest BCUT2D eigenvalue weighted by Crippen LogP contribution is 2.42. The highest BCUT2D eigenvalue weighted by atomic mass is 16.2. The lowest BCUT2D eigenvalue weighted by atomic mass is 9.72. The van der Waals surface area contributed by atoms with Crippen molar-refractivity contribution in [1.82, 2.24) is 19.8 Å². The second-order valence-electron chi connectivity index (χ2n) is 8.84. The SMILES string of the molecule is CN1CCC(N2CC3(CCC2=O)CCN(c2cncc(N(C)C)n2)CC3)C1. The Morgan fingerprint density at radius 1 is 1.15 bits per heavy atom. The van der Waals surface area contributed by atoms with Crippen molar-refractivity contribution in [3.8, 4) is 0 Å². The predicted octanol–water partition coefficient (Wildman–Crippen LogP) is 1.46. The number of carbonyl (C=O) groups excluding carboxylic acids is 1. The van der Waals surface area contributed by atoms with E-state index in [4.69, 9.17) is 4.98 Å². The highest BCUT2D eigenvalue weighted by molar-refractivity contribution is 5.77. The predicted molar refractivity (Wildman–Crippen MR) is 107 cm³/mol. The van der Waals surface area contributed by atoms with Crippen molar-refractivity contribution in [2.75, 3.05) is 63.7 Å². The van der Waals surface area contributed by atoms with Crippen LogP contribution in [-0.2, 0) is 4.79 Å². The van der Waals surface area contributed by atoms with Crippen molar-refractivity contribution in [2.24, 2.45) is 5.41 Å². The average Bonchev–Trinajstić information content (AvgIpc) is 3.11. The topological polar surface area (TPSA) is 55.8 Å². The Kier molecular flexibility index (Phi) is 4.97. The van der Waals surface area contributed by atoms with E-state index < -0.39 is 0 Å². The average molecular weight is 373 g/mol. The summed E-state index contributed by atoms with van der Waals surface area (Å²) in [5, 5.41) is 0. The number of piperidine rings is 2. The molecule has 0 saturated carbocycles. The smallest absolute Gasteiger partial charge is 0.222 e. The van der Waals surface area contributed by atoms with E-state index in [0.29, 0.717) is 11.9 Å². The van der Waals surface area contributed by atoms with Crippen LogP contribution in [0.25, 0.3) is 0 Å². The van der Waals surface area contributed by atoms with E-state index in [-0.39, 0.29) is 5.41 Å². The Labute approximate surface area is 162 Å². The van der Waals surface area contributed by atoms with Gasteiger partial charge in [0.15, 0.2) is 0 Å². The number of rotatable bonds is 3. The first-order valence-corrected chi connectivity index (χ1v) is 10.2. The van der Waals surface area contributed by atoms with Crippen LogP contribution in [0.5, 0.6) is 0 Å². The molecule has 0 radical (unpaired) electrons. The fraction of sp³-hybridized carbons (Fsp3) is 0.750. The number of hydrogen-bond acceptors (Lipinski definition) is 6. The lowest BCUT2D eigenvalue weighted by Gasteiger charge is -2.49. The summed E-state index contributed by atoms with van der Waals surface area (Å²) in [7, 11) is 6.14. The van der Waals surface area contributed by atoms with Gasteiger partial charge in [-0.15, -0.1) is 0 Å². The number of hydrogen-bond donors (Lipinski definition) is 0. The number of carbonyl (C=O) groups is 1. The third-order valence-electron chi connectivity index (χ3n) is 6.72. The van der Waals surface area contributed by atoms with Gasteiger partial charge in [-0.3, -0.25) is 9.78 Å². The molecule has 1 amide bonds. The van der Waals surface area contributed by atoms with Gasteiger partial charge in [-0.1, -0.05) is 0 Å². The third kappa shape index (κ3) is 3.74. The maximum atomic E-state index is 12.6. The van der Waals surface area contributed by atoms with Crippen molar-refractivity contribution in [1.29, 1.82) is 0 Å². The van der Waals surface area contributed by atoms with Gasteiger partial charge in [0.1, 0.15) is 11.6 Å². The van der Waals surface area contributed by atoms with E-state index >= 15 is 0 Å². The fourth-order valence-corrected chi connectivity index (χ4v) is 4.87. The van der Waals surface area contributed by atoms with Gasteiger partial charge >= 0.3 is 0 Å². The molecule has 3 saturated heterocycles. The standard InChI is InChI=1S/C20H32N6O/c1-23(2)17-12-21-13-18(22-17)25-10-7-20(8-11-25)6-4-19(27)26(15-20)16-5-9-24(3)14-16/h12-13,16H,4-11,14-15H2,1-3H3. The minimum absolute atomic E-state index is 0.290. The molecule has 1 atom stereocenters. The van der Waals surface area contributed by atoms with Crippen LogP contribution in [0.4, 0.5) is 11.6 Å². The lowest BCUT2D eigenvalue weighted by Crippen LogP contribution is -2.55.